The number of hydrogen-bond donors (Lipinski definition) is 0. The van der Waals surface area contributed by atoms with E-state index in [9.17, 15) is 18.4 Å². The second-order valence-electron chi connectivity index (χ2n) is 8.06. The Morgan fingerprint density at radius 1 is 1.18 bits per heavy atom. The average molecular weight is 471 g/mol. The molecular formula is C21H17F4N9. The van der Waals surface area contributed by atoms with E-state index in [0.29, 0.717) is 22.5 Å². The van der Waals surface area contributed by atoms with Gasteiger partial charge in [-0.05, 0) is 12.1 Å². The summed E-state index contributed by atoms with van der Waals surface area (Å²) in [4.78, 5) is 10.3. The molecule has 0 spiro atoms. The van der Waals surface area contributed by atoms with Gasteiger partial charge in [-0.2, -0.15) is 9.94 Å². The van der Waals surface area contributed by atoms with Crippen molar-refractivity contribution in [3.8, 4) is 17.3 Å². The number of hydrogen-bond acceptors (Lipinski definition) is 7. The van der Waals surface area contributed by atoms with Gasteiger partial charge in [-0.15, -0.1) is 28.5 Å². The van der Waals surface area contributed by atoms with Gasteiger partial charge in [-0.1, -0.05) is 0 Å². The SMILES string of the molecule is Cn1cnnc1C1(F)CCN(c2c(C#N)ccnc2-c2cnc3nn(C(F)(F)F)cc3c2)CC1. The van der Waals surface area contributed by atoms with Crippen LogP contribution in [0.25, 0.3) is 22.3 Å². The summed E-state index contributed by atoms with van der Waals surface area (Å²) in [6.45, 7) is 0.552. The van der Waals surface area contributed by atoms with Crippen LogP contribution in [0.4, 0.5) is 23.2 Å². The Bertz CT molecular complexity index is 1410. The Morgan fingerprint density at radius 2 is 1.94 bits per heavy atom. The number of rotatable bonds is 3. The number of fused-ring (bicyclic) bond motifs is 1. The van der Waals surface area contributed by atoms with Crippen molar-refractivity contribution in [1.29, 1.82) is 5.26 Å². The molecule has 0 amide bonds. The van der Waals surface area contributed by atoms with Crippen molar-refractivity contribution >= 4 is 16.7 Å². The summed E-state index contributed by atoms with van der Waals surface area (Å²) < 4.78 is 56.1. The number of pyridine rings is 2. The van der Waals surface area contributed by atoms with Crippen molar-refractivity contribution in [2.75, 3.05) is 18.0 Å². The van der Waals surface area contributed by atoms with E-state index in [2.05, 4.69) is 31.3 Å². The van der Waals surface area contributed by atoms with Crippen LogP contribution in [0.2, 0.25) is 0 Å². The van der Waals surface area contributed by atoms with Gasteiger partial charge in [-0.3, -0.25) is 4.98 Å². The van der Waals surface area contributed by atoms with Gasteiger partial charge in [0.25, 0.3) is 0 Å². The molecule has 174 valence electrons. The van der Waals surface area contributed by atoms with Crippen molar-refractivity contribution in [2.45, 2.75) is 24.8 Å². The third-order valence-corrected chi connectivity index (χ3v) is 5.92. The van der Waals surface area contributed by atoms with Crippen molar-refractivity contribution < 1.29 is 17.6 Å². The summed E-state index contributed by atoms with van der Waals surface area (Å²) >= 11 is 0. The van der Waals surface area contributed by atoms with Gasteiger partial charge >= 0.3 is 6.30 Å². The average Bonchev–Trinajstić information content (AvgIpc) is 3.45. The largest absolute Gasteiger partial charge is 0.504 e. The first-order valence-electron chi connectivity index (χ1n) is 10.3. The number of aryl methyl sites for hydroxylation is 1. The Hall–Kier alpha value is -4.08. The number of aromatic nitrogens is 7. The highest BCUT2D eigenvalue weighted by molar-refractivity contribution is 5.85. The van der Waals surface area contributed by atoms with Crippen LogP contribution in [-0.4, -0.2) is 47.6 Å². The van der Waals surface area contributed by atoms with Crippen LogP contribution in [0.3, 0.4) is 0 Å². The van der Waals surface area contributed by atoms with E-state index >= 15 is 4.39 Å². The number of halogens is 4. The van der Waals surface area contributed by atoms with Crippen molar-refractivity contribution in [2.24, 2.45) is 7.05 Å². The second-order valence-corrected chi connectivity index (χ2v) is 8.06. The number of nitriles is 1. The van der Waals surface area contributed by atoms with E-state index in [0.717, 1.165) is 6.20 Å². The van der Waals surface area contributed by atoms with Crippen LogP contribution in [0.1, 0.15) is 24.2 Å². The van der Waals surface area contributed by atoms with Gasteiger partial charge in [0.1, 0.15) is 12.4 Å². The third kappa shape index (κ3) is 3.60. The molecule has 1 aliphatic heterocycles. The smallest absolute Gasteiger partial charge is 0.368 e. The molecule has 0 saturated carbocycles. The lowest BCUT2D eigenvalue weighted by molar-refractivity contribution is -0.211. The molecule has 0 aromatic carbocycles. The molecule has 13 heteroatoms. The minimum absolute atomic E-state index is 0.0667. The Labute approximate surface area is 190 Å². The number of alkyl halides is 4. The zero-order valence-corrected chi connectivity index (χ0v) is 17.8. The minimum atomic E-state index is -4.67. The van der Waals surface area contributed by atoms with Gasteiger partial charge in [0.15, 0.2) is 17.1 Å². The Kier molecular flexibility index (Phi) is 4.96. The van der Waals surface area contributed by atoms with E-state index in [4.69, 9.17) is 0 Å². The van der Waals surface area contributed by atoms with E-state index in [1.54, 1.807) is 17.7 Å². The van der Waals surface area contributed by atoms with E-state index in [1.807, 2.05) is 4.90 Å². The monoisotopic (exact) mass is 471 g/mol. The maximum Gasteiger partial charge on any atom is 0.504 e. The molecule has 0 atom stereocenters. The maximum atomic E-state index is 15.6. The summed E-state index contributed by atoms with van der Waals surface area (Å²) in [5.74, 6) is 0.246. The fraction of sp³-hybridized carbons (Fsp3) is 0.333. The summed E-state index contributed by atoms with van der Waals surface area (Å²) in [6.07, 6.45) is 0.678. The van der Waals surface area contributed by atoms with Crippen LogP contribution in [0, 0.1) is 11.3 Å². The van der Waals surface area contributed by atoms with Crippen LogP contribution in [0.15, 0.2) is 37.1 Å². The first-order valence-corrected chi connectivity index (χ1v) is 10.3. The highest BCUT2D eigenvalue weighted by atomic mass is 19.4. The molecule has 0 aliphatic carbocycles. The van der Waals surface area contributed by atoms with Crippen molar-refractivity contribution in [3.63, 3.8) is 0 Å². The van der Waals surface area contributed by atoms with Crippen LogP contribution >= 0.6 is 0 Å². The van der Waals surface area contributed by atoms with E-state index in [-0.39, 0.29) is 47.5 Å². The summed E-state index contributed by atoms with van der Waals surface area (Å²) in [6, 6.07) is 5.18. The van der Waals surface area contributed by atoms with Crippen molar-refractivity contribution in [1.82, 2.24) is 34.5 Å². The Morgan fingerprint density at radius 3 is 2.59 bits per heavy atom. The third-order valence-electron chi connectivity index (χ3n) is 5.92. The standard InChI is InChI=1S/C21H17F4N9/c1-32-12-29-30-19(32)20(22)3-6-33(7-4-20)17-13(9-26)2-5-27-16(17)14-8-15-11-34(21(23,24)25)31-18(15)28-10-14/h2,5,8,10-12H,3-4,6-7H2,1H3. The lowest BCUT2D eigenvalue weighted by Crippen LogP contribution is -2.42. The predicted octanol–water partition coefficient (Wildman–Crippen LogP) is 3.43. The molecule has 0 unspecified atom stereocenters. The van der Waals surface area contributed by atoms with Crippen molar-refractivity contribution in [3.05, 3.63) is 48.4 Å². The van der Waals surface area contributed by atoms with E-state index in [1.165, 1.54) is 24.8 Å². The molecule has 4 aromatic rings. The van der Waals surface area contributed by atoms with Gasteiger partial charge in [-0.25, -0.2) is 9.37 Å². The summed E-state index contributed by atoms with van der Waals surface area (Å²) in [5, 5.41) is 21.0. The molecule has 5 rings (SSSR count). The molecule has 1 fully saturated rings. The summed E-state index contributed by atoms with van der Waals surface area (Å²) in [5.41, 5.74) is -0.132. The minimum Gasteiger partial charge on any atom is -0.368 e. The quantitative estimate of drug-likeness (QED) is 0.422. The molecule has 9 nitrogen and oxygen atoms in total. The van der Waals surface area contributed by atoms with Gasteiger partial charge in [0, 0.05) is 62.5 Å². The van der Waals surface area contributed by atoms with Crippen LogP contribution in [0.5, 0.6) is 0 Å². The fourth-order valence-electron chi connectivity index (χ4n) is 4.25. The first-order chi connectivity index (χ1) is 16.2. The zero-order chi connectivity index (χ0) is 24.1. The second kappa shape index (κ2) is 7.75. The molecule has 0 radical (unpaired) electrons. The highest BCUT2D eigenvalue weighted by Crippen LogP contribution is 2.40. The molecule has 34 heavy (non-hydrogen) atoms. The zero-order valence-electron chi connectivity index (χ0n) is 17.8. The molecule has 1 saturated heterocycles. The van der Waals surface area contributed by atoms with Crippen LogP contribution < -0.4 is 4.90 Å². The number of anilines is 1. The molecule has 0 bridgehead atoms. The number of piperidine rings is 1. The topological polar surface area (TPSA) is 101 Å². The molecule has 5 heterocycles. The fourth-order valence-corrected chi connectivity index (χ4v) is 4.25. The molecular weight excluding hydrogens is 454 g/mol. The van der Waals surface area contributed by atoms with Gasteiger partial charge < -0.3 is 9.47 Å². The highest BCUT2D eigenvalue weighted by Gasteiger charge is 2.41. The molecule has 0 N–H and O–H groups in total. The molecule has 4 aromatic heterocycles. The van der Waals surface area contributed by atoms with Gasteiger partial charge in [0.05, 0.1) is 16.9 Å². The lowest BCUT2D eigenvalue weighted by atomic mass is 9.91. The summed E-state index contributed by atoms with van der Waals surface area (Å²) in [7, 11) is 1.68. The maximum absolute atomic E-state index is 15.6. The first kappa shape index (κ1) is 21.7. The lowest BCUT2D eigenvalue weighted by Gasteiger charge is -2.37. The normalized spacial score (nSPS) is 16.1. The predicted molar refractivity (Wildman–Crippen MR) is 112 cm³/mol. The Balaban J connectivity index is 1.52. The number of nitrogens with zero attached hydrogens (tertiary/aromatic N) is 9. The van der Waals surface area contributed by atoms with E-state index < -0.39 is 12.0 Å². The van der Waals surface area contributed by atoms with Crippen LogP contribution in [-0.2, 0) is 19.0 Å². The molecule has 1 aliphatic rings. The van der Waals surface area contributed by atoms with Gasteiger partial charge in [0.2, 0.25) is 0 Å².